The van der Waals surface area contributed by atoms with Gasteiger partial charge in [-0.25, -0.2) is 0 Å². The fourth-order valence-electron chi connectivity index (χ4n) is 1.29. The number of piperidine rings is 1. The third-order valence-electron chi connectivity index (χ3n) is 1.94. The molecule has 62 valence electrons. The van der Waals surface area contributed by atoms with Crippen molar-refractivity contribution >= 4 is 7.12 Å². The Bertz CT molecular complexity index is 132. The van der Waals surface area contributed by atoms with Gasteiger partial charge in [0.1, 0.15) is 0 Å². The van der Waals surface area contributed by atoms with Gasteiger partial charge < -0.3 is 15.4 Å². The van der Waals surface area contributed by atoms with Gasteiger partial charge in [0.25, 0.3) is 0 Å². The van der Waals surface area contributed by atoms with Crippen molar-refractivity contribution in [2.75, 3.05) is 13.1 Å². The average Bonchev–Trinajstić information content (AvgIpc) is 2.03. The van der Waals surface area contributed by atoms with Crippen LogP contribution < -0.4 is 5.32 Å². The zero-order valence-corrected chi connectivity index (χ0v) is 6.53. The fourth-order valence-corrected chi connectivity index (χ4v) is 1.29. The highest BCUT2D eigenvalue weighted by Crippen LogP contribution is 2.12. The van der Waals surface area contributed by atoms with Crippen molar-refractivity contribution in [1.82, 2.24) is 5.32 Å². The largest absolute Gasteiger partial charge is 0.480 e. The average molecular weight is 155 g/mol. The Morgan fingerprint density at radius 3 is 2.45 bits per heavy atom. The lowest BCUT2D eigenvalue weighted by Gasteiger charge is -2.19. The maximum atomic E-state index is 8.54. The highest BCUT2D eigenvalue weighted by Gasteiger charge is 2.10. The second-order valence-corrected chi connectivity index (χ2v) is 2.89. The lowest BCUT2D eigenvalue weighted by Crippen LogP contribution is -2.27. The Hall–Kier alpha value is -0.315. The molecule has 4 heteroatoms. The molecule has 0 bridgehead atoms. The van der Waals surface area contributed by atoms with Crippen LogP contribution in [-0.4, -0.2) is 30.3 Å². The molecule has 0 unspecified atom stereocenters. The highest BCUT2D eigenvalue weighted by atomic mass is 16.4. The molecule has 1 rings (SSSR count). The van der Waals surface area contributed by atoms with Crippen LogP contribution in [0.25, 0.3) is 0 Å². The first kappa shape index (κ1) is 8.78. The quantitative estimate of drug-likeness (QED) is 0.473. The van der Waals surface area contributed by atoms with Gasteiger partial charge in [-0.3, -0.25) is 0 Å². The van der Waals surface area contributed by atoms with Crippen LogP contribution in [-0.2, 0) is 0 Å². The number of nitrogens with one attached hydrogen (secondary N) is 1. The van der Waals surface area contributed by atoms with Crippen LogP contribution in [0.2, 0.25) is 0 Å². The van der Waals surface area contributed by atoms with Gasteiger partial charge in [0.2, 0.25) is 0 Å². The minimum absolute atomic E-state index is 0.526. The van der Waals surface area contributed by atoms with E-state index in [-0.39, 0.29) is 0 Å². The summed E-state index contributed by atoms with van der Waals surface area (Å²) in [5.41, 5.74) is 0. The Kier molecular flexibility index (Phi) is 3.62. The lowest BCUT2D eigenvalue weighted by atomic mass is 9.87. The summed E-state index contributed by atoms with van der Waals surface area (Å²) in [4.78, 5) is 0. The third-order valence-corrected chi connectivity index (χ3v) is 1.94. The lowest BCUT2D eigenvalue weighted by molar-refractivity contribution is 0.418. The molecule has 0 aliphatic carbocycles. The second kappa shape index (κ2) is 4.54. The van der Waals surface area contributed by atoms with Gasteiger partial charge in [-0.1, -0.05) is 12.1 Å². The van der Waals surface area contributed by atoms with Crippen LogP contribution in [0.4, 0.5) is 0 Å². The predicted octanol–water partition coefficient (Wildman–Crippen LogP) is -0.446. The molecule has 1 heterocycles. The Morgan fingerprint density at radius 2 is 1.91 bits per heavy atom. The zero-order chi connectivity index (χ0) is 8.10. The number of rotatable bonds is 2. The molecule has 0 aromatic rings. The van der Waals surface area contributed by atoms with Gasteiger partial charge in [0.15, 0.2) is 0 Å². The Labute approximate surface area is 67.3 Å². The van der Waals surface area contributed by atoms with Gasteiger partial charge >= 0.3 is 7.12 Å². The van der Waals surface area contributed by atoms with Crippen molar-refractivity contribution in [2.45, 2.75) is 12.8 Å². The molecule has 3 nitrogen and oxygen atoms in total. The van der Waals surface area contributed by atoms with Crippen molar-refractivity contribution < 1.29 is 10.0 Å². The third kappa shape index (κ3) is 3.55. The highest BCUT2D eigenvalue weighted by molar-refractivity contribution is 6.47. The molecule has 0 radical (unpaired) electrons. The van der Waals surface area contributed by atoms with Crippen molar-refractivity contribution in [3.63, 3.8) is 0 Å². The molecule has 1 saturated heterocycles. The van der Waals surface area contributed by atoms with E-state index < -0.39 is 7.12 Å². The van der Waals surface area contributed by atoms with Crippen LogP contribution in [0.15, 0.2) is 12.1 Å². The fraction of sp³-hybridized carbons (Fsp3) is 0.714. The maximum absolute atomic E-state index is 8.54. The first-order valence-electron chi connectivity index (χ1n) is 4.04. The van der Waals surface area contributed by atoms with Gasteiger partial charge in [0, 0.05) is 0 Å². The first-order valence-corrected chi connectivity index (χ1v) is 4.04. The predicted molar refractivity (Wildman–Crippen MR) is 44.9 cm³/mol. The van der Waals surface area contributed by atoms with E-state index in [1.807, 2.05) is 6.08 Å². The van der Waals surface area contributed by atoms with Crippen molar-refractivity contribution in [3.8, 4) is 0 Å². The molecule has 0 aromatic carbocycles. The van der Waals surface area contributed by atoms with E-state index in [9.17, 15) is 0 Å². The molecule has 0 atom stereocenters. The topological polar surface area (TPSA) is 52.5 Å². The van der Waals surface area contributed by atoms with E-state index in [2.05, 4.69) is 5.32 Å². The van der Waals surface area contributed by atoms with Crippen molar-refractivity contribution in [3.05, 3.63) is 12.1 Å². The molecule has 3 N–H and O–H groups in total. The minimum atomic E-state index is -1.29. The Balaban J connectivity index is 2.23. The summed E-state index contributed by atoms with van der Waals surface area (Å²) in [5.74, 6) is 1.97. The molecule has 0 saturated carbocycles. The molecule has 0 spiro atoms. The molecule has 1 aliphatic heterocycles. The van der Waals surface area contributed by atoms with E-state index in [4.69, 9.17) is 10.0 Å². The summed E-state index contributed by atoms with van der Waals surface area (Å²) in [6.07, 6.45) is 4.10. The second-order valence-electron chi connectivity index (χ2n) is 2.89. The summed E-state index contributed by atoms with van der Waals surface area (Å²) in [6, 6.07) is 0. The smallest absolute Gasteiger partial charge is 0.424 e. The summed E-state index contributed by atoms with van der Waals surface area (Å²) in [5, 5.41) is 20.3. The monoisotopic (exact) mass is 155 g/mol. The van der Waals surface area contributed by atoms with Gasteiger partial charge in [-0.15, -0.1) is 0 Å². The number of hydrogen-bond donors (Lipinski definition) is 3. The first-order chi connectivity index (χ1) is 5.29. The molecule has 0 aromatic heterocycles. The minimum Gasteiger partial charge on any atom is -0.424 e. The van der Waals surface area contributed by atoms with Gasteiger partial charge in [0.05, 0.1) is 0 Å². The van der Waals surface area contributed by atoms with Crippen molar-refractivity contribution in [2.24, 2.45) is 5.92 Å². The zero-order valence-electron chi connectivity index (χ0n) is 6.53. The summed E-state index contributed by atoms with van der Waals surface area (Å²) >= 11 is 0. The van der Waals surface area contributed by atoms with E-state index in [0.29, 0.717) is 5.92 Å². The molecule has 1 aliphatic rings. The standard InChI is InChI=1S/C7H14BNO2/c10-8(11)4-1-7-2-5-9-6-3-7/h1,4,7,9-11H,2-3,5-6H2/b4-1+. The number of allylic oxidation sites excluding steroid dienone is 1. The Morgan fingerprint density at radius 1 is 1.27 bits per heavy atom. The van der Waals surface area contributed by atoms with Crippen molar-refractivity contribution in [1.29, 1.82) is 0 Å². The van der Waals surface area contributed by atoms with Crippen LogP contribution in [0, 0.1) is 5.92 Å². The SMILES string of the molecule is OB(O)/C=C/C1CCNCC1. The van der Waals surface area contributed by atoms with E-state index in [0.717, 1.165) is 25.9 Å². The van der Waals surface area contributed by atoms with Crippen LogP contribution in [0.5, 0.6) is 0 Å². The molecular weight excluding hydrogens is 141 g/mol. The number of hydrogen-bond acceptors (Lipinski definition) is 3. The molecule has 11 heavy (non-hydrogen) atoms. The van der Waals surface area contributed by atoms with Crippen LogP contribution in [0.3, 0.4) is 0 Å². The normalized spacial score (nSPS) is 20.9. The summed E-state index contributed by atoms with van der Waals surface area (Å²) in [6.45, 7) is 2.08. The van der Waals surface area contributed by atoms with E-state index >= 15 is 0 Å². The van der Waals surface area contributed by atoms with Crippen LogP contribution in [0.1, 0.15) is 12.8 Å². The van der Waals surface area contributed by atoms with Crippen LogP contribution >= 0.6 is 0 Å². The molecular formula is C7H14BNO2. The summed E-state index contributed by atoms with van der Waals surface area (Å²) < 4.78 is 0. The van der Waals surface area contributed by atoms with E-state index in [1.165, 1.54) is 5.98 Å². The maximum Gasteiger partial charge on any atom is 0.480 e. The van der Waals surface area contributed by atoms with Gasteiger partial charge in [-0.05, 0) is 31.8 Å². The summed E-state index contributed by atoms with van der Waals surface area (Å²) in [7, 11) is -1.29. The molecule has 0 amide bonds. The molecule has 1 fully saturated rings. The van der Waals surface area contributed by atoms with E-state index in [1.54, 1.807) is 0 Å². The van der Waals surface area contributed by atoms with Gasteiger partial charge in [-0.2, -0.15) is 0 Å².